The van der Waals surface area contributed by atoms with Crippen molar-refractivity contribution in [3.63, 3.8) is 0 Å². The fourth-order valence-electron chi connectivity index (χ4n) is 1.63. The molecule has 0 spiro atoms. The van der Waals surface area contributed by atoms with Crippen LogP contribution in [0.4, 0.5) is 0 Å². The minimum atomic E-state index is 0.128. The highest BCUT2D eigenvalue weighted by atomic mass is 32.2. The van der Waals surface area contributed by atoms with Crippen LogP contribution in [0.15, 0.2) is 58.6 Å². The lowest BCUT2D eigenvalue weighted by Gasteiger charge is -2.21. The zero-order valence-corrected chi connectivity index (χ0v) is 12.5. The van der Waals surface area contributed by atoms with Crippen molar-refractivity contribution in [2.75, 3.05) is 0 Å². The molecule has 0 fully saturated rings. The van der Waals surface area contributed by atoms with Gasteiger partial charge in [0.25, 0.3) is 0 Å². The molecule has 0 unspecified atom stereocenters. The van der Waals surface area contributed by atoms with Crippen LogP contribution in [0.3, 0.4) is 0 Å². The second kappa shape index (κ2) is 6.22. The monoisotopic (exact) mass is 272 g/mol. The van der Waals surface area contributed by atoms with Crippen molar-refractivity contribution >= 4 is 11.8 Å². The summed E-state index contributed by atoms with van der Waals surface area (Å²) in [5.74, 6) is 0. The van der Waals surface area contributed by atoms with E-state index in [9.17, 15) is 0 Å². The predicted octanol–water partition coefficient (Wildman–Crippen LogP) is 4.12. The Balaban J connectivity index is 2.12. The van der Waals surface area contributed by atoms with E-state index in [0.29, 0.717) is 0 Å². The van der Waals surface area contributed by atoms with Crippen molar-refractivity contribution < 1.29 is 0 Å². The largest absolute Gasteiger partial charge is 0.308 e. The van der Waals surface area contributed by atoms with Crippen LogP contribution in [0, 0.1) is 0 Å². The highest BCUT2D eigenvalue weighted by Gasteiger charge is 2.10. The van der Waals surface area contributed by atoms with Crippen molar-refractivity contribution in [3.05, 3.63) is 54.2 Å². The summed E-state index contributed by atoms with van der Waals surface area (Å²) >= 11 is 1.71. The Hall–Kier alpha value is -1.32. The maximum atomic E-state index is 4.37. The van der Waals surface area contributed by atoms with Gasteiger partial charge in [-0.2, -0.15) is 0 Å². The summed E-state index contributed by atoms with van der Waals surface area (Å²) < 4.78 is 0. The summed E-state index contributed by atoms with van der Waals surface area (Å²) in [4.78, 5) is 5.63. The first-order valence-corrected chi connectivity index (χ1v) is 7.28. The molecule has 2 rings (SSSR count). The molecule has 0 radical (unpaired) electrons. The Kier molecular flexibility index (Phi) is 4.61. The van der Waals surface area contributed by atoms with Crippen molar-refractivity contribution in [2.24, 2.45) is 0 Å². The second-order valence-electron chi connectivity index (χ2n) is 5.48. The van der Waals surface area contributed by atoms with Gasteiger partial charge in [-0.15, -0.1) is 0 Å². The summed E-state index contributed by atoms with van der Waals surface area (Å²) in [5.41, 5.74) is 1.44. The van der Waals surface area contributed by atoms with E-state index in [1.54, 1.807) is 11.8 Å². The Morgan fingerprint density at radius 2 is 1.79 bits per heavy atom. The molecule has 0 atom stereocenters. The first-order valence-electron chi connectivity index (χ1n) is 6.46. The number of hydrogen-bond acceptors (Lipinski definition) is 3. The van der Waals surface area contributed by atoms with E-state index < -0.39 is 0 Å². The summed E-state index contributed by atoms with van der Waals surface area (Å²) in [6.07, 6.45) is 1.83. The maximum Gasteiger partial charge on any atom is 0.101 e. The maximum absolute atomic E-state index is 4.37. The molecule has 2 nitrogen and oxygen atoms in total. The molecule has 0 bridgehead atoms. The van der Waals surface area contributed by atoms with Gasteiger partial charge in [-0.3, -0.25) is 0 Å². The number of rotatable bonds is 4. The van der Waals surface area contributed by atoms with E-state index in [0.717, 1.165) is 11.6 Å². The van der Waals surface area contributed by atoms with Crippen LogP contribution >= 0.6 is 11.8 Å². The van der Waals surface area contributed by atoms with Gasteiger partial charge < -0.3 is 5.32 Å². The zero-order chi connectivity index (χ0) is 13.7. The van der Waals surface area contributed by atoms with Gasteiger partial charge in [0.2, 0.25) is 0 Å². The van der Waals surface area contributed by atoms with Gasteiger partial charge >= 0.3 is 0 Å². The van der Waals surface area contributed by atoms with Gasteiger partial charge in [0.05, 0.1) is 0 Å². The smallest absolute Gasteiger partial charge is 0.101 e. The van der Waals surface area contributed by atoms with Crippen LogP contribution in [0.25, 0.3) is 0 Å². The lowest BCUT2D eigenvalue weighted by molar-refractivity contribution is 0.422. The fourth-order valence-corrected chi connectivity index (χ4v) is 2.53. The molecule has 0 aliphatic rings. The van der Waals surface area contributed by atoms with Crippen LogP contribution in [-0.2, 0) is 6.54 Å². The molecule has 1 aromatic heterocycles. The number of nitrogens with zero attached hydrogens (tertiary/aromatic N) is 1. The van der Waals surface area contributed by atoms with Crippen LogP contribution in [0.5, 0.6) is 0 Å². The van der Waals surface area contributed by atoms with E-state index >= 15 is 0 Å². The van der Waals surface area contributed by atoms with Crippen LogP contribution in [0.2, 0.25) is 0 Å². The molecule has 19 heavy (non-hydrogen) atoms. The molecular weight excluding hydrogens is 252 g/mol. The van der Waals surface area contributed by atoms with Crippen LogP contribution < -0.4 is 5.32 Å². The average molecular weight is 272 g/mol. The second-order valence-corrected chi connectivity index (χ2v) is 6.54. The van der Waals surface area contributed by atoms with E-state index in [1.165, 1.54) is 10.5 Å². The van der Waals surface area contributed by atoms with Gasteiger partial charge in [-0.05, 0) is 44.5 Å². The first kappa shape index (κ1) is 14.1. The van der Waals surface area contributed by atoms with Gasteiger partial charge in [0, 0.05) is 23.2 Å². The minimum absolute atomic E-state index is 0.128. The van der Waals surface area contributed by atoms with Crippen LogP contribution in [-0.4, -0.2) is 10.5 Å². The first-order chi connectivity index (χ1) is 9.04. The Bertz CT molecular complexity index is 518. The minimum Gasteiger partial charge on any atom is -0.308 e. The van der Waals surface area contributed by atoms with Crippen molar-refractivity contribution in [3.8, 4) is 0 Å². The van der Waals surface area contributed by atoms with E-state index in [2.05, 4.69) is 55.3 Å². The molecule has 3 heteroatoms. The van der Waals surface area contributed by atoms with Gasteiger partial charge in [-0.1, -0.05) is 36.0 Å². The molecule has 0 aliphatic carbocycles. The molecule has 0 amide bonds. The third-order valence-electron chi connectivity index (χ3n) is 2.63. The molecule has 0 saturated heterocycles. The van der Waals surface area contributed by atoms with E-state index in [4.69, 9.17) is 0 Å². The van der Waals surface area contributed by atoms with Gasteiger partial charge in [0.1, 0.15) is 5.03 Å². The summed E-state index contributed by atoms with van der Waals surface area (Å²) in [5, 5.41) is 4.56. The van der Waals surface area contributed by atoms with Gasteiger partial charge in [0.15, 0.2) is 0 Å². The summed E-state index contributed by atoms with van der Waals surface area (Å²) in [6, 6.07) is 14.5. The number of nitrogens with one attached hydrogen (secondary N) is 1. The number of benzene rings is 1. The lowest BCUT2D eigenvalue weighted by Crippen LogP contribution is -2.35. The molecule has 1 aromatic carbocycles. The topological polar surface area (TPSA) is 24.9 Å². The third kappa shape index (κ3) is 4.69. The molecule has 0 aliphatic heterocycles. The van der Waals surface area contributed by atoms with E-state index in [-0.39, 0.29) is 5.54 Å². The SMILES string of the molecule is CC(C)(C)NCc1ccccc1Sc1ccccn1. The third-order valence-corrected chi connectivity index (χ3v) is 3.70. The Labute approximate surface area is 119 Å². The standard InChI is InChI=1S/C16H20N2S/c1-16(2,3)18-12-13-8-4-5-9-14(13)19-15-10-6-7-11-17-15/h4-11,18H,12H2,1-3H3. The predicted molar refractivity (Wildman–Crippen MR) is 81.4 cm³/mol. The molecule has 0 saturated carbocycles. The number of pyridine rings is 1. The summed E-state index contributed by atoms with van der Waals surface area (Å²) in [6.45, 7) is 7.42. The van der Waals surface area contributed by atoms with Crippen molar-refractivity contribution in [1.82, 2.24) is 10.3 Å². The van der Waals surface area contributed by atoms with Crippen molar-refractivity contribution in [1.29, 1.82) is 0 Å². The Morgan fingerprint density at radius 1 is 1.05 bits per heavy atom. The molecule has 2 aromatic rings. The van der Waals surface area contributed by atoms with E-state index in [1.807, 2.05) is 24.4 Å². The lowest BCUT2D eigenvalue weighted by atomic mass is 10.1. The quantitative estimate of drug-likeness (QED) is 0.906. The van der Waals surface area contributed by atoms with Gasteiger partial charge in [-0.25, -0.2) is 4.98 Å². The molecule has 100 valence electrons. The number of hydrogen-bond donors (Lipinski definition) is 1. The van der Waals surface area contributed by atoms with Crippen LogP contribution in [0.1, 0.15) is 26.3 Å². The fraction of sp³-hybridized carbons (Fsp3) is 0.312. The summed E-state index contributed by atoms with van der Waals surface area (Å²) in [7, 11) is 0. The molecular formula is C16H20N2S. The average Bonchev–Trinajstić information content (AvgIpc) is 2.38. The number of aromatic nitrogens is 1. The molecule has 1 N–H and O–H groups in total. The molecule has 1 heterocycles. The Morgan fingerprint density at radius 3 is 2.47 bits per heavy atom. The zero-order valence-electron chi connectivity index (χ0n) is 11.7. The van der Waals surface area contributed by atoms with Crippen molar-refractivity contribution in [2.45, 2.75) is 42.8 Å². The highest BCUT2D eigenvalue weighted by Crippen LogP contribution is 2.28. The highest BCUT2D eigenvalue weighted by molar-refractivity contribution is 7.99. The normalized spacial score (nSPS) is 11.5.